The molecule has 1 amide bonds. The minimum atomic E-state index is -3.51. The maximum absolute atomic E-state index is 12.3. The highest BCUT2D eigenvalue weighted by Crippen LogP contribution is 2.22. The number of sulfonamides is 1. The third-order valence-electron chi connectivity index (χ3n) is 3.94. The maximum Gasteiger partial charge on any atom is 0.242 e. The summed E-state index contributed by atoms with van der Waals surface area (Å²) in [6.45, 7) is 3.54. The number of imidazole rings is 1. The van der Waals surface area contributed by atoms with E-state index in [-0.39, 0.29) is 23.2 Å². The molecular weight excluding hydrogens is 378 g/mol. The van der Waals surface area contributed by atoms with E-state index >= 15 is 0 Å². The lowest BCUT2D eigenvalue weighted by Crippen LogP contribution is -2.29. The van der Waals surface area contributed by atoms with Crippen LogP contribution in [0, 0.1) is 0 Å². The molecule has 10 heteroatoms. The summed E-state index contributed by atoms with van der Waals surface area (Å²) < 4.78 is 27.7. The molecule has 2 aromatic rings. The number of nitrogens with one attached hydrogen (secondary N) is 1. The van der Waals surface area contributed by atoms with Gasteiger partial charge in [-0.3, -0.25) is 4.79 Å². The number of hydrogen-bond donors (Lipinski definition) is 2. The molecular formula is C16H26ClN5O3S. The molecule has 1 aromatic heterocycles. The van der Waals surface area contributed by atoms with Gasteiger partial charge in [-0.05, 0) is 25.1 Å². The fourth-order valence-electron chi connectivity index (χ4n) is 2.60. The molecule has 8 nitrogen and oxygen atoms in total. The number of amides is 1. The van der Waals surface area contributed by atoms with Crippen molar-refractivity contribution in [3.05, 3.63) is 24.0 Å². The van der Waals surface area contributed by atoms with Crippen LogP contribution < -0.4 is 11.1 Å². The Morgan fingerprint density at radius 2 is 2.04 bits per heavy atom. The second-order valence-corrected chi connectivity index (χ2v) is 8.00. The number of benzene rings is 1. The topological polar surface area (TPSA) is 110 Å². The molecule has 0 aliphatic carbocycles. The number of nitrogens with zero attached hydrogens (tertiary/aromatic N) is 3. The second kappa shape index (κ2) is 9.31. The molecule has 0 aliphatic rings. The summed E-state index contributed by atoms with van der Waals surface area (Å²) in [5.74, 6) is 0.691. The van der Waals surface area contributed by atoms with Gasteiger partial charge in [0.1, 0.15) is 5.82 Å². The summed E-state index contributed by atoms with van der Waals surface area (Å²) in [6.07, 6.45) is 0.793. The molecule has 146 valence electrons. The fourth-order valence-corrected chi connectivity index (χ4v) is 3.52. The Bertz CT molecular complexity index is 864. The van der Waals surface area contributed by atoms with Crippen molar-refractivity contribution in [1.82, 2.24) is 19.2 Å². The second-order valence-electron chi connectivity index (χ2n) is 5.85. The molecule has 0 atom stereocenters. The van der Waals surface area contributed by atoms with Crippen LogP contribution >= 0.6 is 12.4 Å². The Hall–Kier alpha value is -1.68. The summed E-state index contributed by atoms with van der Waals surface area (Å²) >= 11 is 0. The van der Waals surface area contributed by atoms with Gasteiger partial charge in [-0.2, -0.15) is 0 Å². The minimum Gasteiger partial charge on any atom is -0.355 e. The van der Waals surface area contributed by atoms with Crippen molar-refractivity contribution in [3.63, 3.8) is 0 Å². The standard InChI is InChI=1S/C16H25N5O3S.ClH/c1-4-21-14-6-5-12(25(23,24)20(2)3)11-13(14)19-15(21)7-8-16(22)18-10-9-17;/h5-6,11H,4,7-10,17H2,1-3H3,(H,18,22);1H. The van der Waals surface area contributed by atoms with Gasteiger partial charge >= 0.3 is 0 Å². The zero-order valence-electron chi connectivity index (χ0n) is 15.2. The molecule has 0 saturated heterocycles. The van der Waals surface area contributed by atoms with Crippen LogP contribution in [0.5, 0.6) is 0 Å². The first-order chi connectivity index (χ1) is 11.8. The molecule has 0 spiro atoms. The van der Waals surface area contributed by atoms with Crippen molar-refractivity contribution in [3.8, 4) is 0 Å². The number of aryl methyl sites for hydroxylation is 2. The highest BCUT2D eigenvalue weighted by atomic mass is 35.5. The van der Waals surface area contributed by atoms with Gasteiger partial charge in [-0.1, -0.05) is 0 Å². The van der Waals surface area contributed by atoms with Gasteiger partial charge in [0.05, 0.1) is 15.9 Å². The molecule has 0 radical (unpaired) electrons. The third-order valence-corrected chi connectivity index (χ3v) is 5.75. The van der Waals surface area contributed by atoms with Crippen molar-refractivity contribution in [2.45, 2.75) is 31.2 Å². The van der Waals surface area contributed by atoms with Gasteiger partial charge in [0, 0.05) is 46.6 Å². The average Bonchev–Trinajstić information content (AvgIpc) is 2.94. The molecule has 0 fully saturated rings. The van der Waals surface area contributed by atoms with E-state index in [9.17, 15) is 13.2 Å². The summed E-state index contributed by atoms with van der Waals surface area (Å²) in [5.41, 5.74) is 6.84. The zero-order chi connectivity index (χ0) is 18.6. The molecule has 2 rings (SSSR count). The van der Waals surface area contributed by atoms with Gasteiger partial charge < -0.3 is 15.6 Å². The summed E-state index contributed by atoms with van der Waals surface area (Å²) in [5, 5.41) is 2.73. The molecule has 0 bridgehead atoms. The van der Waals surface area contributed by atoms with Crippen molar-refractivity contribution in [2.24, 2.45) is 5.73 Å². The largest absolute Gasteiger partial charge is 0.355 e. The molecule has 0 saturated carbocycles. The molecule has 1 heterocycles. The van der Waals surface area contributed by atoms with Crippen LogP contribution in [0.3, 0.4) is 0 Å². The van der Waals surface area contributed by atoms with E-state index in [0.29, 0.717) is 38.0 Å². The quantitative estimate of drug-likeness (QED) is 0.675. The number of aromatic nitrogens is 2. The van der Waals surface area contributed by atoms with Crippen LogP contribution in [0.4, 0.5) is 0 Å². The van der Waals surface area contributed by atoms with Crippen LogP contribution in [0.15, 0.2) is 23.1 Å². The number of nitrogens with two attached hydrogens (primary N) is 1. The van der Waals surface area contributed by atoms with E-state index in [1.807, 2.05) is 11.5 Å². The van der Waals surface area contributed by atoms with Crippen LogP contribution in [0.1, 0.15) is 19.2 Å². The van der Waals surface area contributed by atoms with Crippen LogP contribution in [-0.4, -0.2) is 55.4 Å². The fraction of sp³-hybridized carbons (Fsp3) is 0.500. The lowest BCUT2D eigenvalue weighted by molar-refractivity contribution is -0.121. The van der Waals surface area contributed by atoms with E-state index in [1.54, 1.807) is 18.2 Å². The Morgan fingerprint density at radius 1 is 1.35 bits per heavy atom. The first-order valence-electron chi connectivity index (χ1n) is 8.19. The number of hydrogen-bond acceptors (Lipinski definition) is 5. The monoisotopic (exact) mass is 403 g/mol. The molecule has 1 aromatic carbocycles. The Labute approximate surface area is 160 Å². The van der Waals surface area contributed by atoms with Crippen molar-refractivity contribution in [1.29, 1.82) is 0 Å². The van der Waals surface area contributed by atoms with E-state index in [1.165, 1.54) is 18.4 Å². The van der Waals surface area contributed by atoms with E-state index in [4.69, 9.17) is 5.73 Å². The van der Waals surface area contributed by atoms with Gasteiger partial charge in [-0.15, -0.1) is 12.4 Å². The minimum absolute atomic E-state index is 0. The van der Waals surface area contributed by atoms with Gasteiger partial charge in [0.2, 0.25) is 15.9 Å². The summed E-state index contributed by atoms with van der Waals surface area (Å²) in [6, 6.07) is 4.93. The molecule has 3 N–H and O–H groups in total. The van der Waals surface area contributed by atoms with Crippen LogP contribution in [0.25, 0.3) is 11.0 Å². The van der Waals surface area contributed by atoms with Crippen molar-refractivity contribution >= 4 is 39.4 Å². The predicted molar refractivity (Wildman–Crippen MR) is 104 cm³/mol. The lowest BCUT2D eigenvalue weighted by Gasteiger charge is -2.11. The van der Waals surface area contributed by atoms with E-state index in [2.05, 4.69) is 10.3 Å². The van der Waals surface area contributed by atoms with E-state index in [0.717, 1.165) is 11.3 Å². The third kappa shape index (κ3) is 4.73. The smallest absolute Gasteiger partial charge is 0.242 e. The number of fused-ring (bicyclic) bond motifs is 1. The average molecular weight is 404 g/mol. The number of halogens is 1. The maximum atomic E-state index is 12.3. The number of carbonyl (C=O) groups is 1. The first kappa shape index (κ1) is 22.4. The van der Waals surface area contributed by atoms with Crippen LogP contribution in [0.2, 0.25) is 0 Å². The predicted octanol–water partition coefficient (Wildman–Crippen LogP) is 0.736. The SMILES string of the molecule is CCn1c(CCC(=O)NCCN)nc2cc(S(=O)(=O)N(C)C)ccc21.Cl. The first-order valence-corrected chi connectivity index (χ1v) is 9.63. The van der Waals surface area contributed by atoms with E-state index < -0.39 is 10.0 Å². The van der Waals surface area contributed by atoms with Crippen LogP contribution in [-0.2, 0) is 27.8 Å². The van der Waals surface area contributed by atoms with Crippen molar-refractivity contribution in [2.75, 3.05) is 27.2 Å². The summed E-state index contributed by atoms with van der Waals surface area (Å²) in [7, 11) is -0.515. The molecule has 26 heavy (non-hydrogen) atoms. The number of rotatable bonds is 8. The molecule has 0 aliphatic heterocycles. The Balaban J connectivity index is 0.00000338. The van der Waals surface area contributed by atoms with Gasteiger partial charge in [0.15, 0.2) is 0 Å². The normalized spacial score (nSPS) is 11.6. The Kier molecular flexibility index (Phi) is 8.01. The summed E-state index contributed by atoms with van der Waals surface area (Å²) in [4.78, 5) is 16.5. The highest BCUT2D eigenvalue weighted by molar-refractivity contribution is 7.89. The Morgan fingerprint density at radius 3 is 2.62 bits per heavy atom. The lowest BCUT2D eigenvalue weighted by atomic mass is 10.2. The number of carbonyl (C=O) groups excluding carboxylic acids is 1. The van der Waals surface area contributed by atoms with Gasteiger partial charge in [-0.25, -0.2) is 17.7 Å². The van der Waals surface area contributed by atoms with Gasteiger partial charge in [0.25, 0.3) is 0 Å². The highest BCUT2D eigenvalue weighted by Gasteiger charge is 2.19. The zero-order valence-corrected chi connectivity index (χ0v) is 16.9. The molecule has 0 unspecified atom stereocenters. The van der Waals surface area contributed by atoms with Crippen molar-refractivity contribution < 1.29 is 13.2 Å².